The van der Waals surface area contributed by atoms with E-state index in [0.717, 1.165) is 0 Å². The van der Waals surface area contributed by atoms with Crippen molar-refractivity contribution in [2.24, 2.45) is 0 Å². The molecule has 1 unspecified atom stereocenters. The second-order valence-corrected chi connectivity index (χ2v) is 2.54. The minimum Gasteiger partial charge on any atom is -0.264 e. The molecule has 1 rings (SSSR count). The van der Waals surface area contributed by atoms with E-state index in [1.807, 2.05) is 0 Å². The molecule has 0 saturated heterocycles. The predicted molar refractivity (Wildman–Crippen MR) is 29.9 cm³/mol. The van der Waals surface area contributed by atoms with Gasteiger partial charge in [0.15, 0.2) is 0 Å². The van der Waals surface area contributed by atoms with Crippen LogP contribution in [0.25, 0.3) is 0 Å². The van der Waals surface area contributed by atoms with Gasteiger partial charge in [0.2, 0.25) is 5.83 Å². The van der Waals surface area contributed by atoms with Crippen LogP contribution >= 0.6 is 0 Å². The summed E-state index contributed by atoms with van der Waals surface area (Å²) in [6.45, 7) is 0. The van der Waals surface area contributed by atoms with Gasteiger partial charge in [-0.05, 0) is 0 Å². The maximum absolute atomic E-state index is 12.3. The number of hydrogen-bond donors (Lipinski definition) is 0. The Morgan fingerprint density at radius 2 is 1.86 bits per heavy atom. The normalized spacial score (nSPS) is 28.6. The van der Waals surface area contributed by atoms with Gasteiger partial charge < -0.3 is 0 Å². The summed E-state index contributed by atoms with van der Waals surface area (Å²) in [4.78, 5) is 8.12. The average molecular weight is 221 g/mol. The number of alkyl halides is 5. The van der Waals surface area contributed by atoms with Gasteiger partial charge in [-0.25, -0.2) is 4.39 Å². The highest BCUT2D eigenvalue weighted by Gasteiger charge is 2.77. The van der Waals surface area contributed by atoms with Crippen LogP contribution in [-0.4, -0.2) is 23.1 Å². The standard InChI is InChI=1S/C5HF6NO2/c6-2(5(9,10)11)1-3(12(13)14)4(1,7)8/h3H. The Kier molecular flexibility index (Phi) is 2.01. The summed E-state index contributed by atoms with van der Waals surface area (Å²) in [6, 6.07) is -2.89. The molecule has 0 radical (unpaired) electrons. The zero-order chi connectivity index (χ0) is 11.3. The first-order chi connectivity index (χ1) is 6.10. The Morgan fingerprint density at radius 1 is 1.43 bits per heavy atom. The second-order valence-electron chi connectivity index (χ2n) is 2.54. The molecule has 80 valence electrons. The Labute approximate surface area is 72.1 Å². The monoisotopic (exact) mass is 221 g/mol. The van der Waals surface area contributed by atoms with Crippen molar-refractivity contribution in [3.05, 3.63) is 21.5 Å². The van der Waals surface area contributed by atoms with Crippen LogP contribution in [0.3, 0.4) is 0 Å². The Bertz CT molecular complexity index is 319. The van der Waals surface area contributed by atoms with Gasteiger partial charge in [0, 0.05) is 4.92 Å². The predicted octanol–water partition coefficient (Wildman–Crippen LogP) is 2.07. The van der Waals surface area contributed by atoms with Gasteiger partial charge in [-0.3, -0.25) is 10.1 Å². The van der Waals surface area contributed by atoms with E-state index in [1.54, 1.807) is 0 Å². The Hall–Kier alpha value is -1.28. The summed E-state index contributed by atoms with van der Waals surface area (Å²) >= 11 is 0. The molecule has 1 aliphatic carbocycles. The van der Waals surface area contributed by atoms with Crippen molar-refractivity contribution in [1.29, 1.82) is 0 Å². The number of hydrogen-bond acceptors (Lipinski definition) is 2. The van der Waals surface area contributed by atoms with E-state index in [1.165, 1.54) is 0 Å². The molecule has 0 spiro atoms. The van der Waals surface area contributed by atoms with Crippen molar-refractivity contribution in [1.82, 2.24) is 0 Å². The number of rotatable bonds is 1. The third-order valence-corrected chi connectivity index (χ3v) is 1.59. The van der Waals surface area contributed by atoms with E-state index in [2.05, 4.69) is 0 Å². The lowest BCUT2D eigenvalue weighted by Crippen LogP contribution is -2.10. The van der Waals surface area contributed by atoms with E-state index in [9.17, 15) is 36.5 Å². The summed E-state index contributed by atoms with van der Waals surface area (Å²) in [5, 5.41) is 9.78. The van der Waals surface area contributed by atoms with Crippen molar-refractivity contribution >= 4 is 0 Å². The average Bonchev–Trinajstić information content (AvgIpc) is 2.49. The smallest absolute Gasteiger partial charge is 0.264 e. The quantitative estimate of drug-likeness (QED) is 0.386. The molecule has 1 saturated carbocycles. The number of nitrogens with zero attached hydrogens (tertiary/aromatic N) is 1. The van der Waals surface area contributed by atoms with Crippen molar-refractivity contribution in [2.75, 3.05) is 0 Å². The minimum absolute atomic E-state index is 1.65. The van der Waals surface area contributed by atoms with Gasteiger partial charge in [0.05, 0.1) is 0 Å². The third-order valence-electron chi connectivity index (χ3n) is 1.59. The molecule has 14 heavy (non-hydrogen) atoms. The van der Waals surface area contributed by atoms with E-state index < -0.39 is 34.5 Å². The molecule has 0 aromatic rings. The Morgan fingerprint density at radius 3 is 2.07 bits per heavy atom. The van der Waals surface area contributed by atoms with Crippen LogP contribution in [0.5, 0.6) is 0 Å². The highest BCUT2D eigenvalue weighted by atomic mass is 19.4. The number of allylic oxidation sites excluding steroid dienone is 1. The molecule has 1 aliphatic rings. The van der Waals surface area contributed by atoms with E-state index >= 15 is 0 Å². The fraction of sp³-hybridized carbons (Fsp3) is 0.600. The summed E-state index contributed by atoms with van der Waals surface area (Å²) in [5.41, 5.74) is -2.10. The summed E-state index contributed by atoms with van der Waals surface area (Å²) in [7, 11) is 0. The lowest BCUT2D eigenvalue weighted by molar-refractivity contribution is -0.503. The van der Waals surface area contributed by atoms with Crippen LogP contribution < -0.4 is 0 Å². The lowest BCUT2D eigenvalue weighted by Gasteiger charge is -1.99. The van der Waals surface area contributed by atoms with Crippen LogP contribution in [0.15, 0.2) is 11.4 Å². The summed E-state index contributed by atoms with van der Waals surface area (Å²) in [5.74, 6) is -7.41. The highest BCUT2D eigenvalue weighted by molar-refractivity contribution is 5.43. The second kappa shape index (κ2) is 2.61. The maximum Gasteiger partial charge on any atom is 0.443 e. The first kappa shape index (κ1) is 10.8. The van der Waals surface area contributed by atoms with Gasteiger partial charge >= 0.3 is 18.1 Å². The lowest BCUT2D eigenvalue weighted by atomic mass is 10.4. The zero-order valence-corrected chi connectivity index (χ0v) is 6.11. The molecule has 0 heterocycles. The Balaban J connectivity index is 3.09. The van der Waals surface area contributed by atoms with Gasteiger partial charge in [-0.2, -0.15) is 22.0 Å². The van der Waals surface area contributed by atoms with E-state index in [-0.39, 0.29) is 0 Å². The van der Waals surface area contributed by atoms with Gasteiger partial charge in [0.25, 0.3) is 0 Å². The molecule has 3 nitrogen and oxygen atoms in total. The molecular weight excluding hydrogens is 220 g/mol. The molecule has 0 aromatic carbocycles. The maximum atomic E-state index is 12.3. The molecule has 0 N–H and O–H groups in total. The molecule has 9 heteroatoms. The van der Waals surface area contributed by atoms with Gasteiger partial charge in [-0.15, -0.1) is 0 Å². The molecule has 1 atom stereocenters. The highest BCUT2D eigenvalue weighted by Crippen LogP contribution is 2.54. The zero-order valence-electron chi connectivity index (χ0n) is 6.11. The first-order valence-corrected chi connectivity index (χ1v) is 3.08. The molecule has 0 amide bonds. The van der Waals surface area contributed by atoms with Crippen molar-refractivity contribution < 1.29 is 31.3 Å². The summed E-state index contributed by atoms with van der Waals surface area (Å²) < 4.78 is 71.3. The topological polar surface area (TPSA) is 43.1 Å². The van der Waals surface area contributed by atoms with Crippen LogP contribution in [0, 0.1) is 10.1 Å². The fourth-order valence-corrected chi connectivity index (χ4v) is 0.920. The molecule has 1 fully saturated rings. The first-order valence-electron chi connectivity index (χ1n) is 3.08. The van der Waals surface area contributed by atoms with Crippen LogP contribution in [0.2, 0.25) is 0 Å². The largest absolute Gasteiger partial charge is 0.443 e. The van der Waals surface area contributed by atoms with Crippen LogP contribution in [0.4, 0.5) is 26.3 Å². The van der Waals surface area contributed by atoms with Gasteiger partial charge in [-0.1, -0.05) is 0 Å². The minimum atomic E-state index is -5.61. The SMILES string of the molecule is O=[N+]([O-])C1C(=C(F)C(F)(F)F)C1(F)F. The summed E-state index contributed by atoms with van der Waals surface area (Å²) in [6.07, 6.45) is -5.61. The molecule has 0 aliphatic heterocycles. The van der Waals surface area contributed by atoms with Crippen LogP contribution in [-0.2, 0) is 0 Å². The fourth-order valence-electron chi connectivity index (χ4n) is 0.920. The van der Waals surface area contributed by atoms with Gasteiger partial charge in [0.1, 0.15) is 5.57 Å². The third kappa shape index (κ3) is 1.42. The van der Waals surface area contributed by atoms with Crippen molar-refractivity contribution in [3.8, 4) is 0 Å². The molecule has 0 bridgehead atoms. The van der Waals surface area contributed by atoms with Crippen molar-refractivity contribution in [2.45, 2.75) is 18.1 Å². The number of nitro groups is 1. The molecular formula is C5HF6NO2. The van der Waals surface area contributed by atoms with E-state index in [4.69, 9.17) is 0 Å². The van der Waals surface area contributed by atoms with Crippen molar-refractivity contribution in [3.63, 3.8) is 0 Å². The number of halogens is 6. The van der Waals surface area contributed by atoms with Crippen LogP contribution in [0.1, 0.15) is 0 Å². The van der Waals surface area contributed by atoms with E-state index in [0.29, 0.717) is 0 Å². The molecule has 0 aromatic heterocycles.